The van der Waals surface area contributed by atoms with E-state index in [9.17, 15) is 4.79 Å². The van der Waals surface area contributed by atoms with Crippen LogP contribution in [0.25, 0.3) is 10.8 Å². The predicted molar refractivity (Wildman–Crippen MR) is 104 cm³/mol. The Morgan fingerprint density at radius 3 is 1.92 bits per heavy atom. The number of para-hydroxylation sites is 1. The molecule has 25 heavy (non-hydrogen) atoms. The highest BCUT2D eigenvalue weighted by atomic mass is 16.1. The number of fused-ring (bicyclic) bond motifs is 1. The maximum absolute atomic E-state index is 12.9. The van der Waals surface area contributed by atoms with Crippen molar-refractivity contribution in [1.29, 1.82) is 0 Å². The number of carbonyl (C=O) groups excluding carboxylic acids is 1. The maximum atomic E-state index is 12.9. The van der Waals surface area contributed by atoms with E-state index in [1.54, 1.807) is 0 Å². The largest absolute Gasteiger partial charge is 0.355 e. The average Bonchev–Trinajstić information content (AvgIpc) is 2.69. The van der Waals surface area contributed by atoms with Crippen molar-refractivity contribution in [3.8, 4) is 0 Å². The number of benzene rings is 4. The molecule has 0 unspecified atom stereocenters. The number of ketones is 1. The molecule has 4 aromatic rings. The van der Waals surface area contributed by atoms with Crippen molar-refractivity contribution in [2.24, 2.45) is 0 Å². The highest BCUT2D eigenvalue weighted by molar-refractivity contribution is 6.18. The van der Waals surface area contributed by atoms with Crippen LogP contribution >= 0.6 is 0 Å². The van der Waals surface area contributed by atoms with Gasteiger partial charge in [-0.25, -0.2) is 0 Å². The molecular formula is C23H17NO. The average molecular weight is 323 g/mol. The number of nitrogens with one attached hydrogen (secondary N) is 1. The Morgan fingerprint density at radius 1 is 0.600 bits per heavy atom. The van der Waals surface area contributed by atoms with E-state index in [0.29, 0.717) is 5.56 Å². The molecule has 0 saturated heterocycles. The summed E-state index contributed by atoms with van der Waals surface area (Å²) < 4.78 is 0. The molecule has 0 fully saturated rings. The quantitative estimate of drug-likeness (QED) is 0.480. The highest BCUT2D eigenvalue weighted by Crippen LogP contribution is 2.30. The van der Waals surface area contributed by atoms with Gasteiger partial charge in [-0.3, -0.25) is 4.79 Å². The lowest BCUT2D eigenvalue weighted by Crippen LogP contribution is -2.03. The van der Waals surface area contributed by atoms with Crippen molar-refractivity contribution in [2.45, 2.75) is 0 Å². The summed E-state index contributed by atoms with van der Waals surface area (Å²) in [5.41, 5.74) is 3.44. The molecule has 0 saturated carbocycles. The van der Waals surface area contributed by atoms with Crippen molar-refractivity contribution in [3.05, 3.63) is 108 Å². The SMILES string of the molecule is O=C(c1ccccc1)c1ccc(Nc2ccccc2)c2ccccc12. The fraction of sp³-hybridized carbons (Fsp3) is 0. The monoisotopic (exact) mass is 323 g/mol. The van der Waals surface area contributed by atoms with Crippen LogP contribution in [0.2, 0.25) is 0 Å². The van der Waals surface area contributed by atoms with Crippen LogP contribution < -0.4 is 5.32 Å². The summed E-state index contributed by atoms with van der Waals surface area (Å²) in [6, 6.07) is 31.3. The van der Waals surface area contributed by atoms with Crippen LogP contribution in [0, 0.1) is 0 Å². The third-order valence-corrected chi connectivity index (χ3v) is 4.26. The number of hydrogen-bond acceptors (Lipinski definition) is 2. The summed E-state index contributed by atoms with van der Waals surface area (Å²) >= 11 is 0. The Labute approximate surface area is 146 Å². The van der Waals surface area contributed by atoms with Crippen molar-refractivity contribution in [1.82, 2.24) is 0 Å². The second-order valence-electron chi connectivity index (χ2n) is 5.89. The highest BCUT2D eigenvalue weighted by Gasteiger charge is 2.14. The number of rotatable bonds is 4. The van der Waals surface area contributed by atoms with Gasteiger partial charge in [-0.2, -0.15) is 0 Å². The molecular weight excluding hydrogens is 306 g/mol. The molecule has 0 aliphatic rings. The lowest BCUT2D eigenvalue weighted by atomic mass is 9.96. The smallest absolute Gasteiger partial charge is 0.193 e. The summed E-state index contributed by atoms with van der Waals surface area (Å²) in [6.45, 7) is 0. The van der Waals surface area contributed by atoms with Crippen molar-refractivity contribution in [2.75, 3.05) is 5.32 Å². The molecule has 0 atom stereocenters. The maximum Gasteiger partial charge on any atom is 0.193 e. The molecule has 4 aromatic carbocycles. The molecule has 0 bridgehead atoms. The molecule has 0 aromatic heterocycles. The first-order valence-corrected chi connectivity index (χ1v) is 8.26. The zero-order chi connectivity index (χ0) is 17.1. The zero-order valence-corrected chi connectivity index (χ0v) is 13.6. The second-order valence-corrected chi connectivity index (χ2v) is 5.89. The molecule has 4 rings (SSSR count). The lowest BCUT2D eigenvalue weighted by molar-refractivity contribution is 0.104. The summed E-state index contributed by atoms with van der Waals surface area (Å²) in [5, 5.41) is 5.43. The molecule has 0 heterocycles. The van der Waals surface area contributed by atoms with Crippen molar-refractivity contribution in [3.63, 3.8) is 0 Å². The van der Waals surface area contributed by atoms with Gasteiger partial charge < -0.3 is 5.32 Å². The Kier molecular flexibility index (Phi) is 4.01. The van der Waals surface area contributed by atoms with Crippen LogP contribution in [0.15, 0.2) is 97.1 Å². The van der Waals surface area contributed by atoms with Gasteiger partial charge in [-0.05, 0) is 29.7 Å². The Morgan fingerprint density at radius 2 is 1.20 bits per heavy atom. The van der Waals surface area contributed by atoms with E-state index in [2.05, 4.69) is 5.32 Å². The van der Waals surface area contributed by atoms with Gasteiger partial charge in [0.05, 0.1) is 0 Å². The number of anilines is 2. The Bertz CT molecular complexity index is 1020. The van der Waals surface area contributed by atoms with Crippen molar-refractivity contribution >= 4 is 27.9 Å². The van der Waals surface area contributed by atoms with Gasteiger partial charge in [0.1, 0.15) is 0 Å². The first-order chi connectivity index (χ1) is 12.3. The topological polar surface area (TPSA) is 29.1 Å². The van der Waals surface area contributed by atoms with Gasteiger partial charge in [0.25, 0.3) is 0 Å². The number of hydrogen-bond donors (Lipinski definition) is 1. The summed E-state index contributed by atoms with van der Waals surface area (Å²) in [7, 11) is 0. The summed E-state index contributed by atoms with van der Waals surface area (Å²) in [4.78, 5) is 12.9. The molecule has 1 N–H and O–H groups in total. The van der Waals surface area contributed by atoms with E-state index in [0.717, 1.165) is 27.7 Å². The van der Waals surface area contributed by atoms with E-state index in [4.69, 9.17) is 0 Å². The van der Waals surface area contributed by atoms with Gasteiger partial charge in [0.2, 0.25) is 0 Å². The minimum atomic E-state index is 0.0445. The van der Waals surface area contributed by atoms with Crippen LogP contribution in [-0.2, 0) is 0 Å². The fourth-order valence-corrected chi connectivity index (χ4v) is 3.03. The fourth-order valence-electron chi connectivity index (χ4n) is 3.03. The van der Waals surface area contributed by atoms with E-state index < -0.39 is 0 Å². The van der Waals surface area contributed by atoms with Crippen molar-refractivity contribution < 1.29 is 4.79 Å². The molecule has 0 spiro atoms. The van der Waals surface area contributed by atoms with Crippen LogP contribution in [0.3, 0.4) is 0 Å². The van der Waals surface area contributed by atoms with E-state index in [1.165, 1.54) is 0 Å². The van der Waals surface area contributed by atoms with Gasteiger partial charge in [-0.1, -0.05) is 72.8 Å². The third kappa shape index (κ3) is 3.02. The van der Waals surface area contributed by atoms with Gasteiger partial charge in [0, 0.05) is 27.9 Å². The zero-order valence-electron chi connectivity index (χ0n) is 13.6. The molecule has 0 aliphatic heterocycles. The molecule has 0 amide bonds. The normalized spacial score (nSPS) is 10.6. The van der Waals surface area contributed by atoms with Crippen LogP contribution in [0.1, 0.15) is 15.9 Å². The first-order valence-electron chi connectivity index (χ1n) is 8.26. The molecule has 120 valence electrons. The lowest BCUT2D eigenvalue weighted by Gasteiger charge is -2.13. The standard InChI is InChI=1S/C23H17NO/c25-23(17-9-3-1-4-10-17)21-15-16-22(20-14-8-7-13-19(20)21)24-18-11-5-2-6-12-18/h1-16,24H. The van der Waals surface area contributed by atoms with E-state index >= 15 is 0 Å². The predicted octanol–water partition coefficient (Wildman–Crippen LogP) is 5.81. The van der Waals surface area contributed by atoms with Gasteiger partial charge in [-0.15, -0.1) is 0 Å². The summed E-state index contributed by atoms with van der Waals surface area (Å²) in [5.74, 6) is 0.0445. The van der Waals surface area contributed by atoms with E-state index in [-0.39, 0.29) is 5.78 Å². The molecule has 0 aliphatic carbocycles. The molecule has 2 heteroatoms. The second kappa shape index (κ2) is 6.62. The molecule has 2 nitrogen and oxygen atoms in total. The number of carbonyl (C=O) groups is 1. The Balaban J connectivity index is 1.81. The van der Waals surface area contributed by atoms with Gasteiger partial charge in [0.15, 0.2) is 5.78 Å². The molecule has 0 radical (unpaired) electrons. The van der Waals surface area contributed by atoms with Gasteiger partial charge >= 0.3 is 0 Å². The first kappa shape index (κ1) is 15.2. The third-order valence-electron chi connectivity index (χ3n) is 4.26. The van der Waals surface area contributed by atoms with Crippen LogP contribution in [0.4, 0.5) is 11.4 Å². The minimum absolute atomic E-state index is 0.0445. The minimum Gasteiger partial charge on any atom is -0.355 e. The summed E-state index contributed by atoms with van der Waals surface area (Å²) in [6.07, 6.45) is 0. The van der Waals surface area contributed by atoms with Crippen LogP contribution in [0.5, 0.6) is 0 Å². The van der Waals surface area contributed by atoms with E-state index in [1.807, 2.05) is 97.1 Å². The van der Waals surface area contributed by atoms with Crippen LogP contribution in [-0.4, -0.2) is 5.78 Å². The Hall–Kier alpha value is -3.39.